The lowest BCUT2D eigenvalue weighted by Gasteiger charge is -2.45. The first-order valence-electron chi connectivity index (χ1n) is 6.05. The number of carbonyl (C=O) groups is 1. The molecule has 2 aliphatic rings. The van der Waals surface area contributed by atoms with Gasteiger partial charge in [-0.3, -0.25) is 4.79 Å². The van der Waals surface area contributed by atoms with Crippen LogP contribution in [0.15, 0.2) is 0 Å². The second-order valence-corrected chi connectivity index (χ2v) is 4.86. The van der Waals surface area contributed by atoms with E-state index in [0.717, 1.165) is 12.8 Å². The molecule has 1 N–H and O–H groups in total. The van der Waals surface area contributed by atoms with Crippen LogP contribution in [0, 0.1) is 5.41 Å². The van der Waals surface area contributed by atoms with Crippen molar-refractivity contribution in [2.75, 3.05) is 6.61 Å². The van der Waals surface area contributed by atoms with Gasteiger partial charge in [0.05, 0.1) is 12.2 Å². The van der Waals surface area contributed by atoms with Crippen molar-refractivity contribution in [1.29, 1.82) is 0 Å². The van der Waals surface area contributed by atoms with E-state index in [1.165, 1.54) is 0 Å². The zero-order valence-corrected chi connectivity index (χ0v) is 10.2. The summed E-state index contributed by atoms with van der Waals surface area (Å²) in [6.45, 7) is 6.24. The van der Waals surface area contributed by atoms with Gasteiger partial charge in [0.25, 0.3) is 0 Å². The van der Waals surface area contributed by atoms with Crippen LogP contribution in [0.2, 0.25) is 0 Å². The maximum Gasteiger partial charge on any atom is 0.315 e. The summed E-state index contributed by atoms with van der Waals surface area (Å²) in [5, 5.41) is 9.59. The molecular formula is C12H20O4. The minimum Gasteiger partial charge on any atom is -0.481 e. The molecule has 0 aliphatic carbocycles. The Bertz CT molecular complexity index is 303. The van der Waals surface area contributed by atoms with Crippen LogP contribution >= 0.6 is 0 Å². The standard InChI is InChI=1S/C12H20O4/c1-4-12(10(13)14)9-7-6-8(16-9)11(12,3)15-5-2/h8-9H,4-7H2,1-3H3,(H,13,14)/t8-,9+,11?,12?/m0/s1. The average molecular weight is 228 g/mol. The fourth-order valence-corrected chi connectivity index (χ4v) is 3.61. The molecule has 2 bridgehead atoms. The van der Waals surface area contributed by atoms with Gasteiger partial charge in [-0.15, -0.1) is 0 Å². The Hall–Kier alpha value is -0.610. The number of fused-ring (bicyclic) bond motifs is 2. The second kappa shape index (κ2) is 3.70. The van der Waals surface area contributed by atoms with E-state index >= 15 is 0 Å². The lowest BCUT2D eigenvalue weighted by Crippen LogP contribution is -2.59. The highest BCUT2D eigenvalue weighted by Crippen LogP contribution is 2.57. The summed E-state index contributed by atoms with van der Waals surface area (Å²) in [6, 6.07) is 0. The highest BCUT2D eigenvalue weighted by Gasteiger charge is 2.70. The number of aliphatic carboxylic acids is 1. The van der Waals surface area contributed by atoms with Crippen molar-refractivity contribution in [2.45, 2.75) is 57.8 Å². The smallest absolute Gasteiger partial charge is 0.315 e. The Morgan fingerprint density at radius 2 is 2.06 bits per heavy atom. The number of carboxylic acids is 1. The summed E-state index contributed by atoms with van der Waals surface area (Å²) in [7, 11) is 0. The van der Waals surface area contributed by atoms with Gasteiger partial charge in [0.2, 0.25) is 0 Å². The van der Waals surface area contributed by atoms with Crippen LogP contribution in [-0.2, 0) is 14.3 Å². The molecule has 16 heavy (non-hydrogen) atoms. The van der Waals surface area contributed by atoms with Crippen LogP contribution in [0.25, 0.3) is 0 Å². The topological polar surface area (TPSA) is 55.8 Å². The maximum atomic E-state index is 11.7. The first-order valence-corrected chi connectivity index (χ1v) is 6.05. The first kappa shape index (κ1) is 11.9. The number of hydrogen-bond donors (Lipinski definition) is 1. The lowest BCUT2D eigenvalue weighted by atomic mass is 9.62. The van der Waals surface area contributed by atoms with Crippen molar-refractivity contribution in [3.05, 3.63) is 0 Å². The van der Waals surface area contributed by atoms with Crippen LogP contribution in [-0.4, -0.2) is 35.5 Å². The van der Waals surface area contributed by atoms with E-state index in [4.69, 9.17) is 9.47 Å². The van der Waals surface area contributed by atoms with Crippen molar-refractivity contribution in [3.8, 4) is 0 Å². The van der Waals surface area contributed by atoms with Gasteiger partial charge in [-0.1, -0.05) is 6.92 Å². The van der Waals surface area contributed by atoms with Gasteiger partial charge in [0, 0.05) is 6.61 Å². The first-order chi connectivity index (χ1) is 7.53. The highest BCUT2D eigenvalue weighted by molar-refractivity contribution is 5.78. The molecule has 2 heterocycles. The van der Waals surface area contributed by atoms with Gasteiger partial charge in [-0.25, -0.2) is 0 Å². The van der Waals surface area contributed by atoms with Gasteiger partial charge >= 0.3 is 5.97 Å². The number of hydrogen-bond acceptors (Lipinski definition) is 3. The lowest BCUT2D eigenvalue weighted by molar-refractivity contribution is -0.179. The van der Waals surface area contributed by atoms with Gasteiger partial charge in [0.1, 0.15) is 11.0 Å². The molecule has 0 radical (unpaired) electrons. The zero-order valence-electron chi connectivity index (χ0n) is 10.2. The van der Waals surface area contributed by atoms with Crippen LogP contribution < -0.4 is 0 Å². The molecule has 92 valence electrons. The normalized spacial score (nSPS) is 46.2. The minimum absolute atomic E-state index is 0.0616. The molecule has 2 aliphatic heterocycles. The fourth-order valence-electron chi connectivity index (χ4n) is 3.61. The third kappa shape index (κ3) is 1.14. The summed E-state index contributed by atoms with van der Waals surface area (Å²) in [6.07, 6.45) is 2.06. The molecule has 0 saturated carbocycles. The predicted molar refractivity (Wildman–Crippen MR) is 58.3 cm³/mol. The minimum atomic E-state index is -0.869. The molecule has 2 saturated heterocycles. The molecule has 4 heteroatoms. The molecule has 0 amide bonds. The molecule has 0 spiro atoms. The third-order valence-corrected chi connectivity index (χ3v) is 4.45. The van der Waals surface area contributed by atoms with E-state index in [2.05, 4.69) is 0 Å². The van der Waals surface area contributed by atoms with E-state index in [9.17, 15) is 9.90 Å². The predicted octanol–water partition coefficient (Wildman–Crippen LogP) is 1.82. The Morgan fingerprint density at radius 3 is 2.56 bits per heavy atom. The van der Waals surface area contributed by atoms with Crippen molar-refractivity contribution in [2.24, 2.45) is 5.41 Å². The molecule has 2 unspecified atom stereocenters. The maximum absolute atomic E-state index is 11.7. The van der Waals surface area contributed by atoms with Gasteiger partial charge in [-0.2, -0.15) is 0 Å². The summed E-state index contributed by atoms with van der Waals surface area (Å²) in [5.41, 5.74) is -1.54. The molecular weight excluding hydrogens is 208 g/mol. The van der Waals surface area contributed by atoms with Crippen molar-refractivity contribution >= 4 is 5.97 Å². The van der Waals surface area contributed by atoms with Crippen LogP contribution in [0.5, 0.6) is 0 Å². The zero-order chi connectivity index (χ0) is 12.0. The highest BCUT2D eigenvalue weighted by atomic mass is 16.6. The molecule has 0 aromatic carbocycles. The van der Waals surface area contributed by atoms with Crippen molar-refractivity contribution < 1.29 is 19.4 Å². The monoisotopic (exact) mass is 228 g/mol. The number of carboxylic acid groups (broad SMARTS) is 1. The molecule has 0 aromatic rings. The summed E-state index contributed by atoms with van der Waals surface area (Å²) >= 11 is 0. The SMILES string of the molecule is CCOC1(C)[C@@H]2CC[C@@H](O2)C1(CC)C(=O)O. The summed E-state index contributed by atoms with van der Waals surface area (Å²) < 4.78 is 11.6. The quantitative estimate of drug-likeness (QED) is 0.797. The molecule has 4 nitrogen and oxygen atoms in total. The average Bonchev–Trinajstić information content (AvgIpc) is 2.76. The number of rotatable bonds is 4. The third-order valence-electron chi connectivity index (χ3n) is 4.45. The summed E-state index contributed by atoms with van der Waals surface area (Å²) in [5.74, 6) is -0.779. The van der Waals surface area contributed by atoms with E-state index < -0.39 is 17.0 Å². The van der Waals surface area contributed by atoms with Crippen LogP contribution in [0.4, 0.5) is 0 Å². The van der Waals surface area contributed by atoms with Gasteiger partial charge < -0.3 is 14.6 Å². The molecule has 2 fully saturated rings. The Morgan fingerprint density at radius 1 is 1.44 bits per heavy atom. The molecule has 0 aromatic heterocycles. The molecule has 2 rings (SSSR count). The van der Waals surface area contributed by atoms with Gasteiger partial charge in [-0.05, 0) is 33.1 Å². The van der Waals surface area contributed by atoms with E-state index in [0.29, 0.717) is 13.0 Å². The van der Waals surface area contributed by atoms with E-state index in [1.54, 1.807) is 0 Å². The van der Waals surface area contributed by atoms with Crippen molar-refractivity contribution in [3.63, 3.8) is 0 Å². The Labute approximate surface area is 95.9 Å². The summed E-state index contributed by atoms with van der Waals surface area (Å²) in [4.78, 5) is 11.7. The van der Waals surface area contributed by atoms with Crippen LogP contribution in [0.1, 0.15) is 40.0 Å². The van der Waals surface area contributed by atoms with Crippen LogP contribution in [0.3, 0.4) is 0 Å². The van der Waals surface area contributed by atoms with Crippen molar-refractivity contribution in [1.82, 2.24) is 0 Å². The molecule has 4 atom stereocenters. The largest absolute Gasteiger partial charge is 0.481 e. The fraction of sp³-hybridized carbons (Fsp3) is 0.917. The Kier molecular flexibility index (Phi) is 2.75. The number of ether oxygens (including phenoxy) is 2. The second-order valence-electron chi connectivity index (χ2n) is 4.86. The van der Waals surface area contributed by atoms with E-state index in [1.807, 2.05) is 20.8 Å². The van der Waals surface area contributed by atoms with Gasteiger partial charge in [0.15, 0.2) is 0 Å². The van der Waals surface area contributed by atoms with E-state index in [-0.39, 0.29) is 12.2 Å². The Balaban J connectivity index is 2.44.